The first-order valence-electron chi connectivity index (χ1n) is 9.48. The van der Waals surface area contributed by atoms with Gasteiger partial charge in [-0.15, -0.1) is 0 Å². The molecule has 0 unspecified atom stereocenters. The molecule has 2 atom stereocenters. The van der Waals surface area contributed by atoms with Gasteiger partial charge in [-0.25, -0.2) is 0 Å². The number of ether oxygens (including phenoxy) is 4. The van der Waals surface area contributed by atoms with E-state index in [-0.39, 0.29) is 18.9 Å². The number of hydrogen-bond donors (Lipinski definition) is 1. The Hall–Kier alpha value is -2.77. The monoisotopic (exact) mass is 401 g/mol. The predicted octanol–water partition coefficient (Wildman–Crippen LogP) is 2.22. The molecule has 0 aromatic heterocycles. The second-order valence-corrected chi connectivity index (χ2v) is 6.73. The summed E-state index contributed by atoms with van der Waals surface area (Å²) in [6, 6.07) is 12.5. The molecule has 1 amide bonds. The molecule has 0 radical (unpaired) electrons. The van der Waals surface area contributed by atoms with Gasteiger partial charge in [0.2, 0.25) is 5.91 Å². The number of rotatable bonds is 7. The summed E-state index contributed by atoms with van der Waals surface area (Å²) >= 11 is 0. The molecular weight excluding hydrogens is 374 g/mol. The highest BCUT2D eigenvalue weighted by atomic mass is 16.5. The molecule has 0 aliphatic carbocycles. The molecule has 1 saturated heterocycles. The van der Waals surface area contributed by atoms with E-state index in [1.54, 1.807) is 32.3 Å². The third-order valence-electron chi connectivity index (χ3n) is 5.14. The molecule has 0 saturated carbocycles. The molecule has 1 N–H and O–H groups in total. The van der Waals surface area contributed by atoms with Crippen LogP contribution in [0.4, 0.5) is 0 Å². The number of hydrogen-bond acceptors (Lipinski definition) is 6. The van der Waals surface area contributed by atoms with E-state index in [0.717, 1.165) is 11.1 Å². The number of benzene rings is 2. The third kappa shape index (κ3) is 4.46. The highest BCUT2D eigenvalue weighted by molar-refractivity contribution is 5.80. The Morgan fingerprint density at radius 3 is 2.48 bits per heavy atom. The highest BCUT2D eigenvalue weighted by Crippen LogP contribution is 2.36. The zero-order chi connectivity index (χ0) is 20.8. The number of morpholine rings is 1. The van der Waals surface area contributed by atoms with Gasteiger partial charge < -0.3 is 29.0 Å². The smallest absolute Gasteiger partial charge is 0.227 e. The number of para-hydroxylation sites is 1. The molecule has 1 fully saturated rings. The summed E-state index contributed by atoms with van der Waals surface area (Å²) in [5.41, 5.74) is 1.63. The van der Waals surface area contributed by atoms with Crippen LogP contribution in [-0.2, 0) is 16.0 Å². The Bertz CT molecular complexity index is 840. The molecule has 7 heteroatoms. The average molecular weight is 401 g/mol. The van der Waals surface area contributed by atoms with Crippen LogP contribution in [0.1, 0.15) is 17.2 Å². The Labute approximate surface area is 170 Å². The third-order valence-corrected chi connectivity index (χ3v) is 5.14. The van der Waals surface area contributed by atoms with E-state index < -0.39 is 12.1 Å². The van der Waals surface area contributed by atoms with E-state index in [1.165, 1.54) is 0 Å². The number of carbonyl (C=O) groups excluding carboxylic acids is 1. The zero-order valence-electron chi connectivity index (χ0n) is 17.0. The van der Waals surface area contributed by atoms with Gasteiger partial charge in [-0.2, -0.15) is 0 Å². The summed E-state index contributed by atoms with van der Waals surface area (Å²) in [5, 5.41) is 9.88. The van der Waals surface area contributed by atoms with Gasteiger partial charge in [0.05, 0.1) is 47.0 Å². The normalized spacial score (nSPS) is 19.0. The van der Waals surface area contributed by atoms with Crippen molar-refractivity contribution in [1.82, 2.24) is 4.90 Å². The van der Waals surface area contributed by atoms with Crippen molar-refractivity contribution in [2.24, 2.45) is 0 Å². The van der Waals surface area contributed by atoms with Crippen LogP contribution in [0.2, 0.25) is 0 Å². The van der Waals surface area contributed by atoms with Crippen LogP contribution in [0.3, 0.4) is 0 Å². The Morgan fingerprint density at radius 1 is 1.07 bits per heavy atom. The minimum absolute atomic E-state index is 0.0592. The van der Waals surface area contributed by atoms with Gasteiger partial charge in [0, 0.05) is 12.1 Å². The SMILES string of the molecule is COc1ccccc1CC(=O)N1CCO[C@H](CO)[C@H]1c1ccc(OC)c(OC)c1. The molecule has 0 spiro atoms. The zero-order valence-corrected chi connectivity index (χ0v) is 17.0. The lowest BCUT2D eigenvalue weighted by molar-refractivity contribution is -0.149. The number of amides is 1. The molecule has 29 heavy (non-hydrogen) atoms. The number of aliphatic hydroxyl groups is 1. The molecular formula is C22H27NO6. The topological polar surface area (TPSA) is 77.5 Å². The minimum Gasteiger partial charge on any atom is -0.496 e. The lowest BCUT2D eigenvalue weighted by atomic mass is 9.96. The van der Waals surface area contributed by atoms with Gasteiger partial charge in [0.1, 0.15) is 11.9 Å². The Morgan fingerprint density at radius 2 is 1.79 bits per heavy atom. The maximum atomic E-state index is 13.2. The quantitative estimate of drug-likeness (QED) is 0.767. The summed E-state index contributed by atoms with van der Waals surface area (Å²) in [5.74, 6) is 1.77. The van der Waals surface area contributed by atoms with Crippen LogP contribution in [-0.4, -0.2) is 63.1 Å². The van der Waals surface area contributed by atoms with Crippen molar-refractivity contribution in [3.8, 4) is 17.2 Å². The molecule has 1 heterocycles. The van der Waals surface area contributed by atoms with E-state index in [9.17, 15) is 9.90 Å². The lowest BCUT2D eigenvalue weighted by Crippen LogP contribution is -2.50. The second kappa shape index (κ2) is 9.62. The fourth-order valence-electron chi connectivity index (χ4n) is 3.71. The second-order valence-electron chi connectivity index (χ2n) is 6.73. The largest absolute Gasteiger partial charge is 0.496 e. The summed E-state index contributed by atoms with van der Waals surface area (Å²) in [7, 11) is 4.72. The number of aliphatic hydroxyl groups excluding tert-OH is 1. The van der Waals surface area contributed by atoms with Gasteiger partial charge in [0.25, 0.3) is 0 Å². The number of carbonyl (C=O) groups is 1. The molecule has 2 aromatic carbocycles. The Balaban J connectivity index is 1.92. The fourth-order valence-corrected chi connectivity index (χ4v) is 3.71. The minimum atomic E-state index is -0.525. The summed E-state index contributed by atoms with van der Waals surface area (Å²) in [4.78, 5) is 15.0. The number of methoxy groups -OCH3 is 3. The summed E-state index contributed by atoms with van der Waals surface area (Å²) in [6.45, 7) is 0.605. The first kappa shape index (κ1) is 21.0. The molecule has 0 bridgehead atoms. The van der Waals surface area contributed by atoms with Gasteiger partial charge in [-0.3, -0.25) is 4.79 Å². The average Bonchev–Trinajstić information content (AvgIpc) is 2.78. The first-order valence-corrected chi connectivity index (χ1v) is 9.48. The van der Waals surface area contributed by atoms with Gasteiger partial charge >= 0.3 is 0 Å². The maximum Gasteiger partial charge on any atom is 0.227 e. The number of nitrogens with zero attached hydrogens (tertiary/aromatic N) is 1. The van der Waals surface area contributed by atoms with Crippen molar-refractivity contribution in [2.45, 2.75) is 18.6 Å². The van der Waals surface area contributed by atoms with E-state index in [1.807, 2.05) is 36.4 Å². The van der Waals surface area contributed by atoms with Crippen LogP contribution in [0, 0.1) is 0 Å². The molecule has 7 nitrogen and oxygen atoms in total. The van der Waals surface area contributed by atoms with Crippen LogP contribution >= 0.6 is 0 Å². The van der Waals surface area contributed by atoms with E-state index in [0.29, 0.717) is 30.4 Å². The van der Waals surface area contributed by atoms with Crippen molar-refractivity contribution in [3.05, 3.63) is 53.6 Å². The maximum absolute atomic E-state index is 13.2. The van der Waals surface area contributed by atoms with Gasteiger partial charge in [0.15, 0.2) is 11.5 Å². The molecule has 1 aliphatic rings. The summed E-state index contributed by atoms with van der Waals surface area (Å²) < 4.78 is 21.9. The van der Waals surface area contributed by atoms with Crippen LogP contribution in [0.5, 0.6) is 17.2 Å². The van der Waals surface area contributed by atoms with E-state index >= 15 is 0 Å². The molecule has 156 valence electrons. The van der Waals surface area contributed by atoms with Crippen LogP contribution in [0.25, 0.3) is 0 Å². The first-order chi connectivity index (χ1) is 14.1. The van der Waals surface area contributed by atoms with E-state index in [2.05, 4.69) is 0 Å². The fraction of sp³-hybridized carbons (Fsp3) is 0.409. The van der Waals surface area contributed by atoms with Crippen LogP contribution in [0.15, 0.2) is 42.5 Å². The van der Waals surface area contributed by atoms with Crippen molar-refractivity contribution in [1.29, 1.82) is 0 Å². The molecule has 3 rings (SSSR count). The van der Waals surface area contributed by atoms with Crippen molar-refractivity contribution in [2.75, 3.05) is 41.1 Å². The van der Waals surface area contributed by atoms with Crippen molar-refractivity contribution < 1.29 is 28.8 Å². The van der Waals surface area contributed by atoms with Gasteiger partial charge in [-0.1, -0.05) is 24.3 Å². The predicted molar refractivity (Wildman–Crippen MR) is 108 cm³/mol. The highest BCUT2D eigenvalue weighted by Gasteiger charge is 2.36. The lowest BCUT2D eigenvalue weighted by Gasteiger charge is -2.41. The molecule has 1 aliphatic heterocycles. The standard InChI is InChI=1S/C22H27NO6/c1-26-17-7-5-4-6-15(17)13-21(25)23-10-11-29-20(14-24)22(23)16-8-9-18(27-2)19(12-16)28-3/h4-9,12,20,22,24H,10-11,13-14H2,1-3H3/t20-,22-/m1/s1. The van der Waals surface area contributed by atoms with Crippen molar-refractivity contribution in [3.63, 3.8) is 0 Å². The summed E-state index contributed by atoms with van der Waals surface area (Å²) in [6.07, 6.45) is -0.324. The van der Waals surface area contributed by atoms with Crippen LogP contribution < -0.4 is 14.2 Å². The Kier molecular flexibility index (Phi) is 6.95. The van der Waals surface area contributed by atoms with Crippen molar-refractivity contribution >= 4 is 5.91 Å². The van der Waals surface area contributed by atoms with E-state index in [4.69, 9.17) is 18.9 Å². The molecule has 2 aromatic rings. The van der Waals surface area contributed by atoms with Gasteiger partial charge in [-0.05, 0) is 23.8 Å².